The molecule has 8 nitrogen and oxygen atoms in total. The van der Waals surface area contributed by atoms with E-state index in [4.69, 9.17) is 4.74 Å². The topological polar surface area (TPSA) is 101 Å². The molecule has 0 spiro atoms. The third kappa shape index (κ3) is 5.33. The minimum absolute atomic E-state index is 0.0983. The number of benzene rings is 2. The molecule has 0 atom stereocenters. The molecule has 0 saturated heterocycles. The highest BCUT2D eigenvalue weighted by atomic mass is 32.2. The number of rotatable bonds is 7. The summed E-state index contributed by atoms with van der Waals surface area (Å²) in [4.78, 5) is 20.0. The van der Waals surface area contributed by atoms with Crippen LogP contribution in [0.15, 0.2) is 71.9 Å². The summed E-state index contributed by atoms with van der Waals surface area (Å²) in [5.74, 6) is -0.598. The SMILES string of the molecule is CN(CC(=O)Nc1ccc(Oc2ncccn2)cc1)S(=O)(=O)c1ccc(F)cc1. The largest absolute Gasteiger partial charge is 0.424 e. The predicted octanol–water partition coefficient (Wildman–Crippen LogP) is 2.67. The lowest BCUT2D eigenvalue weighted by atomic mass is 10.3. The van der Waals surface area contributed by atoms with Gasteiger partial charge in [-0.2, -0.15) is 4.31 Å². The summed E-state index contributed by atoms with van der Waals surface area (Å²) in [5, 5.41) is 2.60. The van der Waals surface area contributed by atoms with Crippen LogP contribution >= 0.6 is 0 Å². The average Bonchev–Trinajstić information content (AvgIpc) is 2.70. The molecule has 0 bridgehead atoms. The maximum absolute atomic E-state index is 13.0. The number of aromatic nitrogens is 2. The van der Waals surface area contributed by atoms with Gasteiger partial charge < -0.3 is 10.1 Å². The summed E-state index contributed by atoms with van der Waals surface area (Å²) in [6.45, 7) is -0.407. The number of carbonyl (C=O) groups excluding carboxylic acids is 1. The van der Waals surface area contributed by atoms with E-state index in [2.05, 4.69) is 15.3 Å². The lowest BCUT2D eigenvalue weighted by Gasteiger charge is -2.17. The van der Waals surface area contributed by atoms with Crippen molar-refractivity contribution in [1.82, 2.24) is 14.3 Å². The van der Waals surface area contributed by atoms with Gasteiger partial charge in [0.05, 0.1) is 11.4 Å². The molecule has 0 aliphatic carbocycles. The van der Waals surface area contributed by atoms with Crippen molar-refractivity contribution in [3.05, 3.63) is 72.8 Å². The Bertz CT molecular complexity index is 1080. The van der Waals surface area contributed by atoms with Gasteiger partial charge in [-0.05, 0) is 54.6 Å². The highest BCUT2D eigenvalue weighted by molar-refractivity contribution is 7.89. The quantitative estimate of drug-likeness (QED) is 0.635. The van der Waals surface area contributed by atoms with Crippen molar-refractivity contribution in [2.45, 2.75) is 4.90 Å². The molecule has 0 saturated carbocycles. The molecule has 3 aromatic rings. The number of likely N-dealkylation sites (N-methyl/N-ethyl adjacent to an activating group) is 1. The fourth-order valence-corrected chi connectivity index (χ4v) is 3.45. The van der Waals surface area contributed by atoms with E-state index in [0.29, 0.717) is 11.4 Å². The number of amides is 1. The smallest absolute Gasteiger partial charge is 0.321 e. The fraction of sp³-hybridized carbons (Fsp3) is 0.105. The predicted molar refractivity (Wildman–Crippen MR) is 103 cm³/mol. The van der Waals surface area contributed by atoms with Crippen LogP contribution in [-0.2, 0) is 14.8 Å². The van der Waals surface area contributed by atoms with Crippen molar-refractivity contribution < 1.29 is 22.3 Å². The molecule has 2 aromatic carbocycles. The Morgan fingerprint density at radius 3 is 2.31 bits per heavy atom. The standard InChI is InChI=1S/C19H17FN4O4S/c1-24(29(26,27)17-9-3-14(20)4-10-17)13-18(25)23-15-5-7-16(8-6-15)28-19-21-11-2-12-22-19/h2-12H,13H2,1H3,(H,23,25). The minimum atomic E-state index is -3.91. The van der Waals surface area contributed by atoms with Gasteiger partial charge in [-0.15, -0.1) is 0 Å². The summed E-state index contributed by atoms with van der Waals surface area (Å²) in [6.07, 6.45) is 3.10. The first kappa shape index (κ1) is 20.4. The van der Waals surface area contributed by atoms with Crippen LogP contribution in [0, 0.1) is 5.82 Å². The summed E-state index contributed by atoms with van der Waals surface area (Å²) < 4.78 is 44.2. The number of anilines is 1. The molecule has 0 aliphatic rings. The van der Waals surface area contributed by atoms with E-state index in [1.54, 1.807) is 42.7 Å². The number of hydrogen-bond acceptors (Lipinski definition) is 6. The molecule has 0 radical (unpaired) electrons. The Labute approximate surface area is 167 Å². The van der Waals surface area contributed by atoms with Crippen LogP contribution in [0.25, 0.3) is 0 Å². The lowest BCUT2D eigenvalue weighted by molar-refractivity contribution is -0.116. The second-order valence-corrected chi connectivity index (χ2v) is 7.97. The summed E-state index contributed by atoms with van der Waals surface area (Å²) in [7, 11) is -2.64. The van der Waals surface area contributed by atoms with Crippen LogP contribution < -0.4 is 10.1 Å². The number of carbonyl (C=O) groups is 1. The second kappa shape index (κ2) is 8.76. The van der Waals surface area contributed by atoms with Gasteiger partial charge in [0.1, 0.15) is 11.6 Å². The van der Waals surface area contributed by atoms with Crippen molar-refractivity contribution in [2.75, 3.05) is 18.9 Å². The molecule has 1 heterocycles. The van der Waals surface area contributed by atoms with Gasteiger partial charge in [0, 0.05) is 25.1 Å². The molecule has 1 N–H and O–H groups in total. The normalized spacial score (nSPS) is 11.3. The molecule has 1 amide bonds. The third-order valence-electron chi connectivity index (χ3n) is 3.78. The van der Waals surface area contributed by atoms with Crippen molar-refractivity contribution in [3.8, 4) is 11.8 Å². The molecule has 10 heteroatoms. The van der Waals surface area contributed by atoms with Crippen LogP contribution in [0.5, 0.6) is 11.8 Å². The monoisotopic (exact) mass is 416 g/mol. The second-order valence-electron chi connectivity index (χ2n) is 5.92. The van der Waals surface area contributed by atoms with Gasteiger partial charge in [0.15, 0.2) is 0 Å². The first-order valence-corrected chi connectivity index (χ1v) is 9.85. The fourth-order valence-electron chi connectivity index (χ4n) is 2.32. The molecule has 0 unspecified atom stereocenters. The summed E-state index contributed by atoms with van der Waals surface area (Å²) in [5.41, 5.74) is 0.462. The van der Waals surface area contributed by atoms with E-state index < -0.39 is 28.3 Å². The van der Waals surface area contributed by atoms with E-state index in [9.17, 15) is 17.6 Å². The van der Waals surface area contributed by atoms with E-state index in [-0.39, 0.29) is 10.9 Å². The third-order valence-corrected chi connectivity index (χ3v) is 5.59. The van der Waals surface area contributed by atoms with Gasteiger partial charge in [-0.1, -0.05) is 0 Å². The van der Waals surface area contributed by atoms with Gasteiger partial charge in [-0.25, -0.2) is 22.8 Å². The lowest BCUT2D eigenvalue weighted by Crippen LogP contribution is -2.34. The van der Waals surface area contributed by atoms with Crippen molar-refractivity contribution in [2.24, 2.45) is 0 Å². The number of sulfonamides is 1. The van der Waals surface area contributed by atoms with Crippen LogP contribution in [0.2, 0.25) is 0 Å². The van der Waals surface area contributed by atoms with Crippen molar-refractivity contribution >= 4 is 21.6 Å². The molecule has 1 aromatic heterocycles. The summed E-state index contributed by atoms with van der Waals surface area (Å²) in [6, 6.07) is 12.7. The first-order valence-electron chi connectivity index (χ1n) is 8.41. The van der Waals surface area contributed by atoms with E-state index in [1.165, 1.54) is 7.05 Å². The molecular formula is C19H17FN4O4S. The van der Waals surface area contributed by atoms with E-state index in [0.717, 1.165) is 28.6 Å². The minimum Gasteiger partial charge on any atom is -0.424 e. The van der Waals surface area contributed by atoms with Gasteiger partial charge in [-0.3, -0.25) is 4.79 Å². The zero-order valence-electron chi connectivity index (χ0n) is 15.3. The van der Waals surface area contributed by atoms with Crippen LogP contribution in [0.4, 0.5) is 10.1 Å². The Morgan fingerprint density at radius 2 is 1.69 bits per heavy atom. The number of nitrogens with one attached hydrogen (secondary N) is 1. The van der Waals surface area contributed by atoms with Crippen LogP contribution in [0.3, 0.4) is 0 Å². The highest BCUT2D eigenvalue weighted by Crippen LogP contribution is 2.20. The van der Waals surface area contributed by atoms with Crippen molar-refractivity contribution in [3.63, 3.8) is 0 Å². The first-order chi connectivity index (χ1) is 13.8. The van der Waals surface area contributed by atoms with Gasteiger partial charge in [0.25, 0.3) is 0 Å². The average molecular weight is 416 g/mol. The maximum atomic E-state index is 13.0. The number of nitrogens with zero attached hydrogens (tertiary/aromatic N) is 3. The zero-order valence-corrected chi connectivity index (χ0v) is 16.1. The number of halogens is 1. The van der Waals surface area contributed by atoms with Gasteiger partial charge in [0.2, 0.25) is 15.9 Å². The highest BCUT2D eigenvalue weighted by Gasteiger charge is 2.23. The molecule has 3 rings (SSSR count). The van der Waals surface area contributed by atoms with Crippen LogP contribution in [0.1, 0.15) is 0 Å². The van der Waals surface area contributed by atoms with Gasteiger partial charge >= 0.3 is 6.01 Å². The molecule has 150 valence electrons. The van der Waals surface area contributed by atoms with Crippen molar-refractivity contribution in [1.29, 1.82) is 0 Å². The Kier molecular flexibility index (Phi) is 6.15. The molecular weight excluding hydrogens is 399 g/mol. The van der Waals surface area contributed by atoms with E-state index in [1.807, 2.05) is 0 Å². The summed E-state index contributed by atoms with van der Waals surface area (Å²) >= 11 is 0. The zero-order chi connectivity index (χ0) is 20.9. The molecule has 0 fully saturated rings. The molecule has 29 heavy (non-hydrogen) atoms. The number of hydrogen-bond donors (Lipinski definition) is 1. The number of ether oxygens (including phenoxy) is 1. The Morgan fingerprint density at radius 1 is 1.07 bits per heavy atom. The maximum Gasteiger partial charge on any atom is 0.321 e. The van der Waals surface area contributed by atoms with E-state index >= 15 is 0 Å². The Hall–Kier alpha value is -3.37. The molecule has 0 aliphatic heterocycles. The van der Waals surface area contributed by atoms with Crippen LogP contribution in [-0.4, -0.2) is 42.2 Å². The Balaban J connectivity index is 1.59.